The minimum atomic E-state index is -3.84. The lowest BCUT2D eigenvalue weighted by molar-refractivity contribution is 0.597. The Hall–Kier alpha value is -1.28. The molecular formula is C13H13BrClN3O2S. The van der Waals surface area contributed by atoms with Crippen molar-refractivity contribution >= 4 is 54.6 Å². The van der Waals surface area contributed by atoms with Gasteiger partial charge in [-0.2, -0.15) is 0 Å². The van der Waals surface area contributed by atoms with E-state index >= 15 is 0 Å². The van der Waals surface area contributed by atoms with Gasteiger partial charge in [0.2, 0.25) is 10.0 Å². The van der Waals surface area contributed by atoms with E-state index in [2.05, 4.69) is 21.2 Å². The number of hydrogen-bond donors (Lipinski definition) is 3. The maximum absolute atomic E-state index is 11.6. The predicted octanol–water partition coefficient (Wildman–Crippen LogP) is 3.38. The zero-order valence-electron chi connectivity index (χ0n) is 11.0. The van der Waals surface area contributed by atoms with Crippen LogP contribution in [-0.4, -0.2) is 8.42 Å². The van der Waals surface area contributed by atoms with Crippen LogP contribution in [0.2, 0.25) is 5.02 Å². The van der Waals surface area contributed by atoms with E-state index in [4.69, 9.17) is 22.5 Å². The normalized spacial score (nSPS) is 11.4. The van der Waals surface area contributed by atoms with Crippen molar-refractivity contribution in [3.63, 3.8) is 0 Å². The molecule has 21 heavy (non-hydrogen) atoms. The molecule has 0 aliphatic carbocycles. The molecule has 2 rings (SSSR count). The van der Waals surface area contributed by atoms with Crippen LogP contribution in [0, 0.1) is 6.92 Å². The van der Waals surface area contributed by atoms with Gasteiger partial charge >= 0.3 is 0 Å². The van der Waals surface area contributed by atoms with E-state index in [1.54, 1.807) is 31.2 Å². The number of sulfonamides is 1. The van der Waals surface area contributed by atoms with Gasteiger partial charge in [-0.25, -0.2) is 13.6 Å². The lowest BCUT2D eigenvalue weighted by Gasteiger charge is -2.14. The SMILES string of the molecule is Cc1c(Nc2ccc(Br)c(Cl)c2)cc(N)cc1S(N)(=O)=O. The first-order valence-electron chi connectivity index (χ1n) is 5.83. The first-order chi connectivity index (χ1) is 9.68. The highest BCUT2D eigenvalue weighted by Crippen LogP contribution is 2.31. The second-order valence-corrected chi connectivity index (χ2v) is 7.28. The van der Waals surface area contributed by atoms with E-state index in [-0.39, 0.29) is 4.90 Å². The molecule has 0 heterocycles. The van der Waals surface area contributed by atoms with Crippen molar-refractivity contribution in [2.75, 3.05) is 11.1 Å². The first kappa shape index (κ1) is 16.1. The van der Waals surface area contributed by atoms with Crippen LogP contribution in [0.25, 0.3) is 0 Å². The lowest BCUT2D eigenvalue weighted by atomic mass is 10.1. The highest BCUT2D eigenvalue weighted by molar-refractivity contribution is 9.10. The Bertz CT molecular complexity index is 809. The number of nitrogen functional groups attached to an aromatic ring is 1. The van der Waals surface area contributed by atoms with E-state index in [0.717, 1.165) is 4.47 Å². The summed E-state index contributed by atoms with van der Waals surface area (Å²) in [6.45, 7) is 1.65. The van der Waals surface area contributed by atoms with Crippen molar-refractivity contribution in [2.24, 2.45) is 5.14 Å². The molecule has 0 saturated carbocycles. The number of halogens is 2. The van der Waals surface area contributed by atoms with Crippen molar-refractivity contribution in [3.05, 3.63) is 45.4 Å². The van der Waals surface area contributed by atoms with Crippen LogP contribution in [0.1, 0.15) is 5.56 Å². The van der Waals surface area contributed by atoms with Crippen molar-refractivity contribution in [1.29, 1.82) is 0 Å². The number of nitrogens with one attached hydrogen (secondary N) is 1. The molecule has 0 bridgehead atoms. The summed E-state index contributed by atoms with van der Waals surface area (Å²) in [7, 11) is -3.84. The molecule has 0 aliphatic rings. The second kappa shape index (κ2) is 5.84. The van der Waals surface area contributed by atoms with E-state index in [1.165, 1.54) is 6.07 Å². The van der Waals surface area contributed by atoms with Crippen molar-refractivity contribution in [3.8, 4) is 0 Å². The van der Waals surface area contributed by atoms with E-state index < -0.39 is 10.0 Å². The van der Waals surface area contributed by atoms with Crippen LogP contribution in [-0.2, 0) is 10.0 Å². The minimum Gasteiger partial charge on any atom is -0.399 e. The number of hydrogen-bond acceptors (Lipinski definition) is 4. The number of nitrogens with two attached hydrogens (primary N) is 2. The zero-order valence-corrected chi connectivity index (χ0v) is 14.2. The second-order valence-electron chi connectivity index (χ2n) is 4.49. The molecule has 5 N–H and O–H groups in total. The predicted molar refractivity (Wildman–Crippen MR) is 89.4 cm³/mol. The lowest BCUT2D eigenvalue weighted by Crippen LogP contribution is -2.15. The third-order valence-electron chi connectivity index (χ3n) is 2.89. The summed E-state index contributed by atoms with van der Waals surface area (Å²) in [6, 6.07) is 8.28. The summed E-state index contributed by atoms with van der Waals surface area (Å²) in [5.41, 5.74) is 7.79. The van der Waals surface area contributed by atoms with Gasteiger partial charge in [0.15, 0.2) is 0 Å². The highest BCUT2D eigenvalue weighted by Gasteiger charge is 2.15. The number of benzene rings is 2. The molecule has 0 radical (unpaired) electrons. The smallest absolute Gasteiger partial charge is 0.238 e. The molecule has 8 heteroatoms. The monoisotopic (exact) mass is 389 g/mol. The fourth-order valence-electron chi connectivity index (χ4n) is 1.86. The molecule has 0 amide bonds. The molecule has 0 fully saturated rings. The van der Waals surface area contributed by atoms with Crippen molar-refractivity contribution in [2.45, 2.75) is 11.8 Å². The van der Waals surface area contributed by atoms with Gasteiger partial charge in [-0.3, -0.25) is 0 Å². The van der Waals surface area contributed by atoms with Crippen LogP contribution >= 0.6 is 27.5 Å². The molecule has 5 nitrogen and oxygen atoms in total. The Morgan fingerprint density at radius 3 is 2.48 bits per heavy atom. The average Bonchev–Trinajstić information content (AvgIpc) is 2.36. The molecular weight excluding hydrogens is 378 g/mol. The first-order valence-corrected chi connectivity index (χ1v) is 8.55. The van der Waals surface area contributed by atoms with Gasteiger partial charge in [0.05, 0.1) is 9.92 Å². The van der Waals surface area contributed by atoms with E-state index in [0.29, 0.717) is 27.6 Å². The topological polar surface area (TPSA) is 98.2 Å². The van der Waals surface area contributed by atoms with Crippen molar-refractivity contribution in [1.82, 2.24) is 0 Å². The maximum atomic E-state index is 11.6. The summed E-state index contributed by atoms with van der Waals surface area (Å²) in [4.78, 5) is -0.00629. The van der Waals surface area contributed by atoms with Gasteiger partial charge in [0.1, 0.15) is 0 Å². The van der Waals surface area contributed by atoms with Gasteiger partial charge in [0, 0.05) is 21.5 Å². The molecule has 0 unspecified atom stereocenters. The van der Waals surface area contributed by atoms with Gasteiger partial charge in [0.25, 0.3) is 0 Å². The Morgan fingerprint density at radius 2 is 1.90 bits per heavy atom. The summed E-state index contributed by atoms with van der Waals surface area (Å²) < 4.78 is 23.9. The van der Waals surface area contributed by atoms with Crippen LogP contribution in [0.5, 0.6) is 0 Å². The summed E-state index contributed by atoms with van der Waals surface area (Å²) in [6.07, 6.45) is 0. The van der Waals surface area contributed by atoms with Gasteiger partial charge in [-0.1, -0.05) is 11.6 Å². The van der Waals surface area contributed by atoms with Crippen LogP contribution in [0.4, 0.5) is 17.1 Å². The van der Waals surface area contributed by atoms with Gasteiger partial charge in [-0.05, 0) is 58.7 Å². The number of anilines is 3. The summed E-state index contributed by atoms with van der Waals surface area (Å²) in [5.74, 6) is 0. The Labute approximate surface area is 136 Å². The van der Waals surface area contributed by atoms with E-state index in [1.807, 2.05) is 0 Å². The molecule has 2 aromatic rings. The fourth-order valence-corrected chi connectivity index (χ4v) is 3.13. The highest BCUT2D eigenvalue weighted by atomic mass is 79.9. The third-order valence-corrected chi connectivity index (χ3v) is 5.16. The molecule has 112 valence electrons. The summed E-state index contributed by atoms with van der Waals surface area (Å²) in [5, 5.41) is 8.82. The summed E-state index contributed by atoms with van der Waals surface area (Å²) >= 11 is 9.33. The third kappa shape index (κ3) is 3.68. The number of primary sulfonamides is 1. The van der Waals surface area contributed by atoms with Gasteiger partial charge in [-0.15, -0.1) is 0 Å². The molecule has 0 spiro atoms. The van der Waals surface area contributed by atoms with Crippen molar-refractivity contribution < 1.29 is 8.42 Å². The Kier molecular flexibility index (Phi) is 4.48. The maximum Gasteiger partial charge on any atom is 0.238 e. The average molecular weight is 391 g/mol. The zero-order chi connectivity index (χ0) is 15.8. The number of rotatable bonds is 3. The van der Waals surface area contributed by atoms with Crippen LogP contribution < -0.4 is 16.2 Å². The molecule has 0 aliphatic heterocycles. The fraction of sp³-hybridized carbons (Fsp3) is 0.0769. The Balaban J connectivity index is 2.49. The largest absolute Gasteiger partial charge is 0.399 e. The van der Waals surface area contributed by atoms with Crippen LogP contribution in [0.3, 0.4) is 0 Å². The quantitative estimate of drug-likeness (QED) is 0.700. The minimum absolute atomic E-state index is 0.00629. The molecule has 0 atom stereocenters. The van der Waals surface area contributed by atoms with Crippen LogP contribution in [0.15, 0.2) is 39.7 Å². The standard InChI is InChI=1S/C13H13BrClN3O2S/c1-7-12(4-8(16)5-13(7)21(17,19)20)18-9-2-3-10(14)11(15)6-9/h2-6,18H,16H2,1H3,(H2,17,19,20). The molecule has 0 saturated heterocycles. The Morgan fingerprint density at radius 1 is 1.24 bits per heavy atom. The van der Waals surface area contributed by atoms with E-state index in [9.17, 15) is 8.42 Å². The molecule has 0 aromatic heterocycles. The van der Waals surface area contributed by atoms with Gasteiger partial charge < -0.3 is 11.1 Å². The molecule has 2 aromatic carbocycles.